The quantitative estimate of drug-likeness (QED) is 0.667. The highest BCUT2D eigenvalue weighted by Crippen LogP contribution is 2.32. The molecule has 0 spiro atoms. The number of ether oxygens (including phenoxy) is 2. The van der Waals surface area contributed by atoms with E-state index in [0.29, 0.717) is 11.5 Å². The molecule has 9 nitrogen and oxygen atoms in total. The molecule has 0 atom stereocenters. The first-order valence-corrected chi connectivity index (χ1v) is 8.40. The number of nitrogens with one attached hydrogen (secondary N) is 2. The van der Waals surface area contributed by atoms with Gasteiger partial charge in [0.2, 0.25) is 6.79 Å². The summed E-state index contributed by atoms with van der Waals surface area (Å²) in [6.45, 7) is 0.0549. The molecule has 2 aromatic carbocycles. The monoisotopic (exact) mass is 364 g/mol. The average molecular weight is 364 g/mol. The van der Waals surface area contributed by atoms with Gasteiger partial charge in [-0.25, -0.2) is 13.2 Å². The standard InChI is InChI=1S/C15H12N2O7S/c18-14(10-3-6-12-13(7-10)24-8-23-12)16-17-25(21,22)11-4-1-9(2-5-11)15(19)20/h1-7,17H,8H2,(H,16,18)(H,19,20). The van der Waals surface area contributed by atoms with E-state index in [9.17, 15) is 18.0 Å². The second kappa shape index (κ2) is 6.42. The molecule has 0 fully saturated rings. The summed E-state index contributed by atoms with van der Waals surface area (Å²) in [6.07, 6.45) is 0. The van der Waals surface area contributed by atoms with E-state index in [1.54, 1.807) is 0 Å². The van der Waals surface area contributed by atoms with Crippen LogP contribution in [0, 0.1) is 0 Å². The first kappa shape index (κ1) is 16.7. The van der Waals surface area contributed by atoms with Crippen molar-refractivity contribution >= 4 is 21.9 Å². The molecular weight excluding hydrogens is 352 g/mol. The maximum Gasteiger partial charge on any atom is 0.335 e. The minimum absolute atomic E-state index is 0.0525. The summed E-state index contributed by atoms with van der Waals surface area (Å²) in [6, 6.07) is 8.97. The third kappa shape index (κ3) is 3.54. The summed E-state index contributed by atoms with van der Waals surface area (Å²) in [7, 11) is -4.05. The van der Waals surface area contributed by atoms with Gasteiger partial charge in [-0.2, -0.15) is 0 Å². The Morgan fingerprint density at radius 2 is 1.60 bits per heavy atom. The van der Waals surface area contributed by atoms with Gasteiger partial charge < -0.3 is 14.6 Å². The van der Waals surface area contributed by atoms with E-state index in [0.717, 1.165) is 24.3 Å². The predicted molar refractivity (Wildman–Crippen MR) is 83.8 cm³/mol. The Kier molecular flexibility index (Phi) is 4.30. The zero-order valence-electron chi connectivity index (χ0n) is 12.6. The average Bonchev–Trinajstić information content (AvgIpc) is 3.07. The molecule has 1 aliphatic rings. The molecule has 1 amide bonds. The van der Waals surface area contributed by atoms with Crippen molar-refractivity contribution in [1.29, 1.82) is 0 Å². The number of rotatable bonds is 5. The summed E-state index contributed by atoms with van der Waals surface area (Å²) in [5.74, 6) is -0.979. The predicted octanol–water partition coefficient (Wildman–Crippen LogP) is 0.737. The number of aromatic carboxylic acids is 1. The molecule has 0 aromatic heterocycles. The molecule has 0 aliphatic carbocycles. The van der Waals surface area contributed by atoms with E-state index >= 15 is 0 Å². The van der Waals surface area contributed by atoms with E-state index in [1.807, 2.05) is 4.83 Å². The number of carboxylic acids is 1. The highest BCUT2D eigenvalue weighted by molar-refractivity contribution is 7.89. The first-order chi connectivity index (χ1) is 11.9. The Hall–Kier alpha value is -3.11. The van der Waals surface area contributed by atoms with Crippen LogP contribution < -0.4 is 19.7 Å². The molecule has 10 heteroatoms. The van der Waals surface area contributed by atoms with Crippen molar-refractivity contribution in [1.82, 2.24) is 10.3 Å². The Labute approximate surface area is 142 Å². The molecular formula is C15H12N2O7S. The van der Waals surface area contributed by atoms with E-state index in [1.165, 1.54) is 18.2 Å². The van der Waals surface area contributed by atoms with Crippen molar-refractivity contribution in [2.45, 2.75) is 4.90 Å². The normalized spacial score (nSPS) is 12.6. The Morgan fingerprint density at radius 1 is 0.960 bits per heavy atom. The van der Waals surface area contributed by atoms with Crippen LogP contribution in [0.3, 0.4) is 0 Å². The van der Waals surface area contributed by atoms with Crippen LogP contribution >= 0.6 is 0 Å². The van der Waals surface area contributed by atoms with Crippen LogP contribution in [0.2, 0.25) is 0 Å². The molecule has 25 heavy (non-hydrogen) atoms. The van der Waals surface area contributed by atoms with Crippen LogP contribution in [0.25, 0.3) is 0 Å². The second-order valence-corrected chi connectivity index (χ2v) is 6.64. The maximum atomic E-state index is 12.1. The molecule has 0 unspecified atom stereocenters. The fourth-order valence-corrected chi connectivity index (χ4v) is 2.90. The number of amides is 1. The molecule has 0 saturated heterocycles. The lowest BCUT2D eigenvalue weighted by Crippen LogP contribution is -2.41. The van der Waals surface area contributed by atoms with E-state index in [4.69, 9.17) is 14.6 Å². The van der Waals surface area contributed by atoms with Gasteiger partial charge in [0, 0.05) is 5.56 Å². The first-order valence-electron chi connectivity index (χ1n) is 6.92. The topological polar surface area (TPSA) is 131 Å². The highest BCUT2D eigenvalue weighted by Gasteiger charge is 2.19. The molecule has 130 valence electrons. The van der Waals surface area contributed by atoms with Gasteiger partial charge in [-0.15, -0.1) is 4.83 Å². The zero-order valence-corrected chi connectivity index (χ0v) is 13.4. The van der Waals surface area contributed by atoms with Crippen molar-refractivity contribution in [3.8, 4) is 11.5 Å². The Bertz CT molecular complexity index is 939. The third-order valence-corrected chi connectivity index (χ3v) is 4.61. The van der Waals surface area contributed by atoms with E-state index in [2.05, 4.69) is 5.43 Å². The van der Waals surface area contributed by atoms with Crippen LogP contribution in [-0.2, 0) is 10.0 Å². The zero-order chi connectivity index (χ0) is 18.0. The van der Waals surface area contributed by atoms with Gasteiger partial charge in [-0.1, -0.05) is 0 Å². The number of fused-ring (bicyclic) bond motifs is 1. The van der Waals surface area contributed by atoms with Crippen LogP contribution in [0.5, 0.6) is 11.5 Å². The largest absolute Gasteiger partial charge is 0.478 e. The molecule has 3 N–H and O–H groups in total. The minimum atomic E-state index is -4.05. The lowest BCUT2D eigenvalue weighted by molar-refractivity contribution is 0.0696. The van der Waals surface area contributed by atoms with Gasteiger partial charge in [0.15, 0.2) is 11.5 Å². The van der Waals surface area contributed by atoms with Crippen LogP contribution in [0.15, 0.2) is 47.4 Å². The van der Waals surface area contributed by atoms with Gasteiger partial charge in [-0.05, 0) is 42.5 Å². The SMILES string of the molecule is O=C(O)c1ccc(S(=O)(=O)NNC(=O)c2ccc3c(c2)OCO3)cc1. The molecule has 3 rings (SSSR count). The third-order valence-electron chi connectivity index (χ3n) is 3.35. The van der Waals surface area contributed by atoms with Crippen molar-refractivity contribution in [3.05, 3.63) is 53.6 Å². The fraction of sp³-hybridized carbons (Fsp3) is 0.0667. The summed E-state index contributed by atoms with van der Waals surface area (Å²) in [5.41, 5.74) is 2.20. The van der Waals surface area contributed by atoms with E-state index in [-0.39, 0.29) is 22.8 Å². The Morgan fingerprint density at radius 3 is 2.28 bits per heavy atom. The van der Waals surface area contributed by atoms with E-state index < -0.39 is 21.9 Å². The number of hydrazine groups is 1. The molecule has 0 radical (unpaired) electrons. The number of benzene rings is 2. The number of carbonyl (C=O) groups is 2. The second-order valence-electron chi connectivity index (χ2n) is 4.96. The molecule has 2 aromatic rings. The van der Waals surface area contributed by atoms with Gasteiger partial charge in [0.1, 0.15) is 0 Å². The summed E-state index contributed by atoms with van der Waals surface area (Å²) >= 11 is 0. The Balaban J connectivity index is 1.69. The number of hydrogen-bond acceptors (Lipinski definition) is 6. The lowest BCUT2D eigenvalue weighted by atomic mass is 10.2. The lowest BCUT2D eigenvalue weighted by Gasteiger charge is -2.09. The highest BCUT2D eigenvalue weighted by atomic mass is 32.2. The molecule has 0 bridgehead atoms. The maximum absolute atomic E-state index is 12.1. The number of hydrogen-bond donors (Lipinski definition) is 3. The van der Waals surface area contributed by atoms with Gasteiger partial charge in [-0.3, -0.25) is 10.2 Å². The molecule has 1 heterocycles. The molecule has 0 saturated carbocycles. The minimum Gasteiger partial charge on any atom is -0.478 e. The summed E-state index contributed by atoms with van der Waals surface area (Å²) in [4.78, 5) is 24.6. The van der Waals surface area contributed by atoms with Crippen molar-refractivity contribution in [2.75, 3.05) is 6.79 Å². The van der Waals surface area contributed by atoms with Gasteiger partial charge in [0.25, 0.3) is 15.9 Å². The van der Waals surface area contributed by atoms with Crippen molar-refractivity contribution < 1.29 is 32.6 Å². The summed E-state index contributed by atoms with van der Waals surface area (Å²) < 4.78 is 34.5. The van der Waals surface area contributed by atoms with Gasteiger partial charge in [0.05, 0.1) is 10.5 Å². The number of carbonyl (C=O) groups excluding carboxylic acids is 1. The van der Waals surface area contributed by atoms with Gasteiger partial charge >= 0.3 is 5.97 Å². The van der Waals surface area contributed by atoms with Crippen molar-refractivity contribution in [3.63, 3.8) is 0 Å². The van der Waals surface area contributed by atoms with Crippen LogP contribution in [-0.4, -0.2) is 32.2 Å². The van der Waals surface area contributed by atoms with Crippen LogP contribution in [0.1, 0.15) is 20.7 Å². The van der Waals surface area contributed by atoms with Crippen LogP contribution in [0.4, 0.5) is 0 Å². The number of carboxylic acid groups (broad SMARTS) is 1. The number of sulfonamides is 1. The summed E-state index contributed by atoms with van der Waals surface area (Å²) in [5, 5.41) is 8.81. The van der Waals surface area contributed by atoms with Crippen molar-refractivity contribution in [2.24, 2.45) is 0 Å². The molecule has 1 aliphatic heterocycles. The fourth-order valence-electron chi connectivity index (χ4n) is 2.06. The smallest absolute Gasteiger partial charge is 0.335 e.